The summed E-state index contributed by atoms with van der Waals surface area (Å²) in [5.41, 5.74) is 2.88. The standard InChI is InChI=1S/C17H30N4O2/c1-5-21-16-8-9-20(10-14(16)15(11-22)19-21)17(23)18-13(4)7-6-12(2)3/h12-13,22H,5-11H2,1-4H3,(H,18,23). The second-order valence-electron chi connectivity index (χ2n) is 6.84. The number of aryl methyl sites for hydroxylation is 1. The van der Waals surface area contributed by atoms with Gasteiger partial charge in [0.2, 0.25) is 0 Å². The molecule has 0 aliphatic carbocycles. The van der Waals surface area contributed by atoms with Gasteiger partial charge >= 0.3 is 6.03 Å². The number of aromatic nitrogens is 2. The molecule has 1 aromatic heterocycles. The maximum Gasteiger partial charge on any atom is 0.317 e. The minimum atomic E-state index is -0.0738. The molecular formula is C17H30N4O2. The fraction of sp³-hybridized carbons (Fsp3) is 0.765. The molecule has 2 N–H and O–H groups in total. The lowest BCUT2D eigenvalue weighted by Gasteiger charge is -2.29. The molecule has 0 aromatic carbocycles. The molecule has 1 atom stereocenters. The highest BCUT2D eigenvalue weighted by Crippen LogP contribution is 2.23. The van der Waals surface area contributed by atoms with Crippen molar-refractivity contribution in [1.82, 2.24) is 20.0 Å². The molecule has 6 heteroatoms. The van der Waals surface area contributed by atoms with Crippen molar-refractivity contribution >= 4 is 6.03 Å². The van der Waals surface area contributed by atoms with E-state index in [0.29, 0.717) is 24.7 Å². The molecule has 2 amide bonds. The van der Waals surface area contributed by atoms with E-state index in [4.69, 9.17) is 0 Å². The van der Waals surface area contributed by atoms with E-state index < -0.39 is 0 Å². The molecule has 0 saturated carbocycles. The Balaban J connectivity index is 1.98. The van der Waals surface area contributed by atoms with Crippen LogP contribution in [0.25, 0.3) is 0 Å². The Morgan fingerprint density at radius 3 is 2.70 bits per heavy atom. The van der Waals surface area contributed by atoms with Crippen LogP contribution in [-0.2, 0) is 26.1 Å². The van der Waals surface area contributed by atoms with Crippen molar-refractivity contribution < 1.29 is 9.90 Å². The van der Waals surface area contributed by atoms with Crippen molar-refractivity contribution in [3.8, 4) is 0 Å². The van der Waals surface area contributed by atoms with E-state index in [2.05, 4.69) is 31.2 Å². The average molecular weight is 322 g/mol. The summed E-state index contributed by atoms with van der Waals surface area (Å²) in [5.74, 6) is 0.652. The largest absolute Gasteiger partial charge is 0.390 e. The van der Waals surface area contributed by atoms with Crippen molar-refractivity contribution in [3.63, 3.8) is 0 Å². The molecule has 23 heavy (non-hydrogen) atoms. The molecule has 0 radical (unpaired) electrons. The van der Waals surface area contributed by atoms with Crippen molar-refractivity contribution in [2.24, 2.45) is 5.92 Å². The summed E-state index contributed by atoms with van der Waals surface area (Å²) in [7, 11) is 0. The topological polar surface area (TPSA) is 70.4 Å². The minimum Gasteiger partial charge on any atom is -0.390 e. The number of aliphatic hydroxyl groups excluding tert-OH is 1. The van der Waals surface area contributed by atoms with E-state index in [1.54, 1.807) is 0 Å². The molecule has 2 rings (SSSR count). The number of aliphatic hydroxyl groups is 1. The summed E-state index contributed by atoms with van der Waals surface area (Å²) in [6.45, 7) is 10.5. The predicted octanol–water partition coefficient (Wildman–Crippen LogP) is 2.29. The van der Waals surface area contributed by atoms with Crippen LogP contribution in [0.15, 0.2) is 0 Å². The summed E-state index contributed by atoms with van der Waals surface area (Å²) >= 11 is 0. The van der Waals surface area contributed by atoms with Gasteiger partial charge in [-0.1, -0.05) is 13.8 Å². The monoisotopic (exact) mass is 322 g/mol. The zero-order valence-corrected chi connectivity index (χ0v) is 14.8. The minimum absolute atomic E-state index is 0.0138. The molecule has 1 unspecified atom stereocenters. The van der Waals surface area contributed by atoms with Crippen LogP contribution in [0.4, 0.5) is 4.79 Å². The van der Waals surface area contributed by atoms with E-state index in [1.165, 1.54) is 0 Å². The molecule has 0 saturated heterocycles. The average Bonchev–Trinajstić information content (AvgIpc) is 2.90. The van der Waals surface area contributed by atoms with Gasteiger partial charge in [-0.2, -0.15) is 5.10 Å². The Morgan fingerprint density at radius 1 is 1.35 bits per heavy atom. The van der Waals surface area contributed by atoms with Gasteiger partial charge in [-0.05, 0) is 32.6 Å². The molecule has 2 heterocycles. The molecule has 1 aromatic rings. The lowest BCUT2D eigenvalue weighted by Crippen LogP contribution is -2.46. The van der Waals surface area contributed by atoms with Crippen LogP contribution in [0.3, 0.4) is 0 Å². The Kier molecular flexibility index (Phi) is 6.04. The van der Waals surface area contributed by atoms with Crippen LogP contribution in [0.2, 0.25) is 0 Å². The molecule has 0 spiro atoms. The van der Waals surface area contributed by atoms with Crippen LogP contribution < -0.4 is 5.32 Å². The van der Waals surface area contributed by atoms with E-state index in [0.717, 1.165) is 37.1 Å². The molecular weight excluding hydrogens is 292 g/mol. The Hall–Kier alpha value is -1.56. The number of nitrogens with zero attached hydrogens (tertiary/aromatic N) is 3. The Morgan fingerprint density at radius 2 is 2.09 bits per heavy atom. The third-order valence-electron chi connectivity index (χ3n) is 4.50. The van der Waals surface area contributed by atoms with Gasteiger partial charge in [-0.25, -0.2) is 4.79 Å². The maximum absolute atomic E-state index is 12.5. The number of hydrogen-bond acceptors (Lipinski definition) is 3. The Bertz CT molecular complexity index is 539. The van der Waals surface area contributed by atoms with Crippen LogP contribution in [0.1, 0.15) is 57.5 Å². The zero-order chi connectivity index (χ0) is 17.0. The lowest BCUT2D eigenvalue weighted by molar-refractivity contribution is 0.186. The van der Waals surface area contributed by atoms with Crippen LogP contribution in [-0.4, -0.2) is 38.4 Å². The lowest BCUT2D eigenvalue weighted by atomic mass is 10.0. The summed E-state index contributed by atoms with van der Waals surface area (Å²) < 4.78 is 1.95. The summed E-state index contributed by atoms with van der Waals surface area (Å²) in [5, 5.41) is 17.0. The van der Waals surface area contributed by atoms with Crippen LogP contribution >= 0.6 is 0 Å². The molecule has 1 aliphatic heterocycles. The summed E-state index contributed by atoms with van der Waals surface area (Å²) in [4.78, 5) is 14.3. The van der Waals surface area contributed by atoms with Crippen LogP contribution in [0, 0.1) is 5.92 Å². The second kappa shape index (κ2) is 7.81. The highest BCUT2D eigenvalue weighted by Gasteiger charge is 2.27. The molecule has 1 aliphatic rings. The van der Waals surface area contributed by atoms with E-state index in [-0.39, 0.29) is 18.7 Å². The van der Waals surface area contributed by atoms with Crippen molar-refractivity contribution in [2.45, 2.75) is 72.7 Å². The number of carbonyl (C=O) groups is 1. The Labute approximate surface area is 138 Å². The van der Waals surface area contributed by atoms with E-state index >= 15 is 0 Å². The first kappa shape index (κ1) is 17.8. The molecule has 6 nitrogen and oxygen atoms in total. The number of urea groups is 1. The molecule has 130 valence electrons. The summed E-state index contributed by atoms with van der Waals surface area (Å²) in [6, 6.07) is 0.169. The highest BCUT2D eigenvalue weighted by atomic mass is 16.3. The highest BCUT2D eigenvalue weighted by molar-refractivity contribution is 5.74. The van der Waals surface area contributed by atoms with Gasteiger partial charge < -0.3 is 15.3 Å². The predicted molar refractivity (Wildman–Crippen MR) is 90.0 cm³/mol. The third-order valence-corrected chi connectivity index (χ3v) is 4.50. The van der Waals surface area contributed by atoms with E-state index in [1.807, 2.05) is 16.5 Å². The van der Waals surface area contributed by atoms with Gasteiger partial charge in [0, 0.05) is 36.8 Å². The zero-order valence-electron chi connectivity index (χ0n) is 14.8. The van der Waals surface area contributed by atoms with Gasteiger partial charge in [0.15, 0.2) is 0 Å². The van der Waals surface area contributed by atoms with Gasteiger partial charge in [0.1, 0.15) is 0 Å². The number of rotatable bonds is 6. The number of fused-ring (bicyclic) bond motifs is 1. The SMILES string of the molecule is CCn1nc(CO)c2c1CCN(C(=O)NC(C)CCC(C)C)C2. The molecule has 0 bridgehead atoms. The fourth-order valence-corrected chi connectivity index (χ4v) is 3.08. The van der Waals surface area contributed by atoms with Gasteiger partial charge in [0.25, 0.3) is 0 Å². The van der Waals surface area contributed by atoms with Gasteiger partial charge in [-0.3, -0.25) is 4.68 Å². The third kappa shape index (κ3) is 4.25. The van der Waals surface area contributed by atoms with E-state index in [9.17, 15) is 9.90 Å². The quantitative estimate of drug-likeness (QED) is 0.844. The van der Waals surface area contributed by atoms with Crippen LogP contribution in [0.5, 0.6) is 0 Å². The van der Waals surface area contributed by atoms with Crippen molar-refractivity contribution in [3.05, 3.63) is 17.0 Å². The summed E-state index contributed by atoms with van der Waals surface area (Å²) in [6.07, 6.45) is 2.91. The van der Waals surface area contributed by atoms with Crippen molar-refractivity contribution in [2.75, 3.05) is 6.54 Å². The number of hydrogen-bond donors (Lipinski definition) is 2. The van der Waals surface area contributed by atoms with Gasteiger partial charge in [0.05, 0.1) is 18.8 Å². The first-order chi connectivity index (χ1) is 11.0. The normalized spacial score (nSPS) is 15.7. The number of carbonyl (C=O) groups excluding carboxylic acids is 1. The maximum atomic E-state index is 12.5. The first-order valence-corrected chi connectivity index (χ1v) is 8.69. The smallest absolute Gasteiger partial charge is 0.317 e. The fourth-order valence-electron chi connectivity index (χ4n) is 3.08. The molecule has 0 fully saturated rings. The number of nitrogens with one attached hydrogen (secondary N) is 1. The van der Waals surface area contributed by atoms with Gasteiger partial charge in [-0.15, -0.1) is 0 Å². The number of amides is 2. The second-order valence-corrected chi connectivity index (χ2v) is 6.84. The first-order valence-electron chi connectivity index (χ1n) is 8.69. The van der Waals surface area contributed by atoms with Crippen molar-refractivity contribution in [1.29, 1.82) is 0 Å².